The lowest BCUT2D eigenvalue weighted by Gasteiger charge is -2.23. The first-order valence-corrected chi connectivity index (χ1v) is 7.71. The third-order valence-electron chi connectivity index (χ3n) is 4.05. The average molecular weight is 276 g/mol. The molecule has 1 aliphatic rings. The summed E-state index contributed by atoms with van der Waals surface area (Å²) in [6.45, 7) is 6.37. The molecule has 0 fully saturated rings. The van der Waals surface area contributed by atoms with Crippen molar-refractivity contribution in [2.24, 2.45) is 0 Å². The van der Waals surface area contributed by atoms with E-state index in [-0.39, 0.29) is 6.10 Å². The van der Waals surface area contributed by atoms with E-state index in [9.17, 15) is 5.11 Å². The summed E-state index contributed by atoms with van der Waals surface area (Å²) < 4.78 is 2.32. The molecule has 2 atom stereocenters. The molecule has 0 amide bonds. The molecule has 2 heterocycles. The van der Waals surface area contributed by atoms with Gasteiger partial charge in [-0.15, -0.1) is 11.3 Å². The Labute approximate surface area is 117 Å². The van der Waals surface area contributed by atoms with Crippen LogP contribution >= 0.6 is 11.3 Å². The Bertz CT molecular complexity index is 599. The summed E-state index contributed by atoms with van der Waals surface area (Å²) in [4.78, 5) is 5.85. The lowest BCUT2D eigenvalue weighted by molar-refractivity contribution is 0.155. The molecule has 102 valence electrons. The Morgan fingerprint density at radius 2 is 2.26 bits per heavy atom. The number of hydrogen-bond acceptors (Lipinski definition) is 3. The first kappa shape index (κ1) is 12.9. The van der Waals surface area contributed by atoms with Gasteiger partial charge in [-0.2, -0.15) is 0 Å². The molecule has 2 unspecified atom stereocenters. The van der Waals surface area contributed by atoms with Gasteiger partial charge < -0.3 is 9.67 Å². The van der Waals surface area contributed by atoms with Gasteiger partial charge in [-0.25, -0.2) is 4.98 Å². The highest BCUT2D eigenvalue weighted by Gasteiger charge is 2.24. The monoisotopic (exact) mass is 276 g/mol. The molecule has 3 nitrogen and oxygen atoms in total. The molecular weight excluding hydrogens is 256 g/mol. The Morgan fingerprint density at radius 1 is 1.47 bits per heavy atom. The first-order chi connectivity index (χ1) is 9.08. The zero-order chi connectivity index (χ0) is 13.6. The topological polar surface area (TPSA) is 38.0 Å². The summed E-state index contributed by atoms with van der Waals surface area (Å²) in [7, 11) is 0. The van der Waals surface area contributed by atoms with Gasteiger partial charge in [0.1, 0.15) is 0 Å². The number of aliphatic hydroxyl groups excluding tert-OH is 1. The molecule has 19 heavy (non-hydrogen) atoms. The predicted molar refractivity (Wildman–Crippen MR) is 77.7 cm³/mol. The van der Waals surface area contributed by atoms with Crippen LogP contribution in [0.3, 0.4) is 0 Å². The Balaban J connectivity index is 2.01. The van der Waals surface area contributed by atoms with E-state index >= 15 is 0 Å². The van der Waals surface area contributed by atoms with Crippen LogP contribution in [0.2, 0.25) is 0 Å². The quantitative estimate of drug-likeness (QED) is 0.911. The van der Waals surface area contributed by atoms with Crippen molar-refractivity contribution in [3.63, 3.8) is 0 Å². The van der Waals surface area contributed by atoms with Crippen molar-refractivity contribution >= 4 is 11.3 Å². The maximum atomic E-state index is 10.1. The maximum Gasteiger partial charge on any atom is 0.0900 e. The second-order valence-corrected chi connectivity index (χ2v) is 6.63. The van der Waals surface area contributed by atoms with E-state index in [1.54, 1.807) is 11.3 Å². The van der Waals surface area contributed by atoms with Gasteiger partial charge in [0.15, 0.2) is 0 Å². The first-order valence-electron chi connectivity index (χ1n) is 6.89. The Morgan fingerprint density at radius 3 is 2.95 bits per heavy atom. The summed E-state index contributed by atoms with van der Waals surface area (Å²) in [5.74, 6) is 0. The van der Waals surface area contributed by atoms with E-state index in [2.05, 4.69) is 42.6 Å². The summed E-state index contributed by atoms with van der Waals surface area (Å²) in [6.07, 6.45) is 4.88. The van der Waals surface area contributed by atoms with Gasteiger partial charge in [0, 0.05) is 17.5 Å². The van der Waals surface area contributed by atoms with E-state index < -0.39 is 0 Å². The molecule has 0 saturated carbocycles. The van der Waals surface area contributed by atoms with Crippen molar-refractivity contribution in [1.29, 1.82) is 0 Å². The zero-order valence-corrected chi connectivity index (χ0v) is 12.5. The molecule has 2 aromatic rings. The summed E-state index contributed by atoms with van der Waals surface area (Å²) in [6, 6.07) is 2.39. The fraction of sp³-hybridized carbons (Fsp3) is 0.533. The SMILES string of the molecule is Cc1nc(C)c(C(C)n2ccc3c2CCCC3O)s1. The molecule has 0 spiro atoms. The van der Waals surface area contributed by atoms with Gasteiger partial charge in [0.2, 0.25) is 0 Å². The van der Waals surface area contributed by atoms with Gasteiger partial charge in [-0.3, -0.25) is 0 Å². The lowest BCUT2D eigenvalue weighted by atomic mass is 9.95. The Hall–Kier alpha value is -1.13. The fourth-order valence-electron chi connectivity index (χ4n) is 3.11. The summed E-state index contributed by atoms with van der Waals surface area (Å²) >= 11 is 1.78. The van der Waals surface area contributed by atoms with Crippen molar-refractivity contribution in [2.45, 2.75) is 52.2 Å². The van der Waals surface area contributed by atoms with Gasteiger partial charge in [-0.1, -0.05) is 0 Å². The molecule has 1 aliphatic carbocycles. The van der Waals surface area contributed by atoms with Crippen molar-refractivity contribution in [1.82, 2.24) is 9.55 Å². The molecule has 2 aromatic heterocycles. The van der Waals surface area contributed by atoms with Crippen molar-refractivity contribution < 1.29 is 5.11 Å². The molecule has 0 aromatic carbocycles. The number of aliphatic hydroxyl groups is 1. The molecule has 4 heteroatoms. The van der Waals surface area contributed by atoms with Crippen LogP contribution in [0.25, 0.3) is 0 Å². The molecule has 0 bridgehead atoms. The van der Waals surface area contributed by atoms with Gasteiger partial charge in [-0.05, 0) is 46.1 Å². The van der Waals surface area contributed by atoms with Crippen molar-refractivity contribution in [2.75, 3.05) is 0 Å². The van der Waals surface area contributed by atoms with Crippen LogP contribution in [0.1, 0.15) is 58.7 Å². The minimum atomic E-state index is -0.276. The largest absolute Gasteiger partial charge is 0.388 e. The van der Waals surface area contributed by atoms with Crippen LogP contribution < -0.4 is 0 Å². The van der Waals surface area contributed by atoms with E-state index in [4.69, 9.17) is 0 Å². The molecule has 1 N–H and O–H groups in total. The van der Waals surface area contributed by atoms with Crippen LogP contribution in [0.5, 0.6) is 0 Å². The highest BCUT2D eigenvalue weighted by Crippen LogP contribution is 2.35. The second kappa shape index (κ2) is 4.76. The third kappa shape index (κ3) is 2.13. The van der Waals surface area contributed by atoms with Gasteiger partial charge in [0.05, 0.1) is 27.7 Å². The van der Waals surface area contributed by atoms with Crippen LogP contribution in [-0.2, 0) is 6.42 Å². The van der Waals surface area contributed by atoms with Crippen molar-refractivity contribution in [3.05, 3.63) is 39.1 Å². The maximum absolute atomic E-state index is 10.1. The van der Waals surface area contributed by atoms with Crippen LogP contribution in [0.15, 0.2) is 12.3 Å². The standard InChI is InChI=1S/C15H20N2OS/c1-9-15(19-11(3)16-9)10(2)17-8-7-12-13(17)5-4-6-14(12)18/h7-8,10,14,18H,4-6H2,1-3H3. The fourth-order valence-corrected chi connectivity index (χ4v) is 4.09. The predicted octanol–water partition coefficient (Wildman–Crippen LogP) is 3.54. The number of aromatic nitrogens is 2. The van der Waals surface area contributed by atoms with Crippen molar-refractivity contribution in [3.8, 4) is 0 Å². The molecular formula is C15H20N2OS. The highest BCUT2D eigenvalue weighted by atomic mass is 32.1. The second-order valence-electron chi connectivity index (χ2n) is 5.39. The molecule has 0 saturated heterocycles. The van der Waals surface area contributed by atoms with Gasteiger partial charge in [0.25, 0.3) is 0 Å². The van der Waals surface area contributed by atoms with E-state index in [0.29, 0.717) is 6.04 Å². The number of nitrogens with zero attached hydrogens (tertiary/aromatic N) is 2. The summed E-state index contributed by atoms with van der Waals surface area (Å²) in [5.41, 5.74) is 3.56. The number of hydrogen-bond donors (Lipinski definition) is 1. The Kier molecular flexibility index (Phi) is 3.23. The van der Waals surface area contributed by atoms with E-state index in [1.165, 1.54) is 10.6 Å². The van der Waals surface area contributed by atoms with Crippen LogP contribution in [0, 0.1) is 13.8 Å². The van der Waals surface area contributed by atoms with E-state index in [1.807, 2.05) is 0 Å². The summed E-state index contributed by atoms with van der Waals surface area (Å²) in [5, 5.41) is 11.2. The third-order valence-corrected chi connectivity index (χ3v) is 5.29. The minimum absolute atomic E-state index is 0.276. The molecule has 0 radical (unpaired) electrons. The van der Waals surface area contributed by atoms with E-state index in [0.717, 1.165) is 35.5 Å². The smallest absolute Gasteiger partial charge is 0.0900 e. The lowest BCUT2D eigenvalue weighted by Crippen LogP contribution is -2.15. The average Bonchev–Trinajstić information content (AvgIpc) is 2.93. The van der Waals surface area contributed by atoms with Crippen LogP contribution in [0.4, 0.5) is 0 Å². The zero-order valence-electron chi connectivity index (χ0n) is 11.7. The highest BCUT2D eigenvalue weighted by molar-refractivity contribution is 7.11. The normalized spacial score (nSPS) is 20.3. The molecule has 3 rings (SSSR count). The van der Waals surface area contributed by atoms with Gasteiger partial charge >= 0.3 is 0 Å². The van der Waals surface area contributed by atoms with Crippen LogP contribution in [-0.4, -0.2) is 14.7 Å². The minimum Gasteiger partial charge on any atom is -0.388 e. The number of thiazole rings is 1. The number of rotatable bonds is 2. The number of fused-ring (bicyclic) bond motifs is 1. The number of aryl methyl sites for hydroxylation is 2. The molecule has 0 aliphatic heterocycles.